The molecule has 1 saturated carbocycles. The molecule has 0 atom stereocenters. The lowest BCUT2D eigenvalue weighted by Crippen LogP contribution is -2.18. The number of aliphatic hydroxyl groups excluding tert-OH is 1. The maximum Gasteiger partial charge on any atom is 0.235 e. The number of ether oxygens (including phenoxy) is 1. The molecule has 4 rings (SSSR count). The SMILES string of the molecule is CNc1nc(Nc2nc3ccc(OCCO)cc3s2)nc(NC2CCCC2)n1. The van der Waals surface area contributed by atoms with Crippen LogP contribution in [0, 0.1) is 0 Å². The van der Waals surface area contributed by atoms with Gasteiger partial charge >= 0.3 is 0 Å². The number of benzene rings is 1. The highest BCUT2D eigenvalue weighted by Crippen LogP contribution is 2.31. The van der Waals surface area contributed by atoms with Crippen LogP contribution < -0.4 is 20.7 Å². The van der Waals surface area contributed by atoms with Gasteiger partial charge in [0.15, 0.2) is 5.13 Å². The van der Waals surface area contributed by atoms with E-state index in [-0.39, 0.29) is 13.2 Å². The Bertz CT molecular complexity index is 943. The van der Waals surface area contributed by atoms with Crippen LogP contribution in [0.3, 0.4) is 0 Å². The Balaban J connectivity index is 1.53. The van der Waals surface area contributed by atoms with E-state index < -0.39 is 0 Å². The largest absolute Gasteiger partial charge is 0.491 e. The van der Waals surface area contributed by atoms with Gasteiger partial charge in [-0.25, -0.2) is 4.98 Å². The van der Waals surface area contributed by atoms with Gasteiger partial charge in [-0.15, -0.1) is 0 Å². The molecule has 0 amide bonds. The normalized spacial score (nSPS) is 14.4. The molecule has 148 valence electrons. The summed E-state index contributed by atoms with van der Waals surface area (Å²) in [7, 11) is 1.78. The molecule has 0 saturated heterocycles. The predicted octanol–water partition coefficient (Wildman–Crippen LogP) is 2.99. The summed E-state index contributed by atoms with van der Waals surface area (Å²) in [5.74, 6) is 2.21. The molecule has 0 radical (unpaired) electrons. The van der Waals surface area contributed by atoms with Crippen molar-refractivity contribution in [1.29, 1.82) is 0 Å². The lowest BCUT2D eigenvalue weighted by molar-refractivity contribution is 0.201. The molecule has 0 spiro atoms. The summed E-state index contributed by atoms with van der Waals surface area (Å²) in [4.78, 5) is 17.9. The molecule has 9 nitrogen and oxygen atoms in total. The summed E-state index contributed by atoms with van der Waals surface area (Å²) in [5, 5.41) is 19.1. The van der Waals surface area contributed by atoms with E-state index >= 15 is 0 Å². The van der Waals surface area contributed by atoms with Crippen molar-refractivity contribution in [2.45, 2.75) is 31.7 Å². The Morgan fingerprint density at radius 1 is 1.11 bits per heavy atom. The molecular formula is C18H23N7O2S. The number of aliphatic hydroxyl groups is 1. The first-order valence-corrected chi connectivity index (χ1v) is 10.2. The summed E-state index contributed by atoms with van der Waals surface area (Å²) in [5.41, 5.74) is 0.857. The Morgan fingerprint density at radius 3 is 2.68 bits per heavy atom. The van der Waals surface area contributed by atoms with Gasteiger partial charge in [0.05, 0.1) is 16.8 Å². The van der Waals surface area contributed by atoms with Gasteiger partial charge in [-0.1, -0.05) is 24.2 Å². The summed E-state index contributed by atoms with van der Waals surface area (Å²) >= 11 is 1.49. The number of aromatic nitrogens is 4. The number of fused-ring (bicyclic) bond motifs is 1. The Hall–Kier alpha value is -2.72. The minimum Gasteiger partial charge on any atom is -0.491 e. The van der Waals surface area contributed by atoms with Crippen molar-refractivity contribution in [2.24, 2.45) is 0 Å². The van der Waals surface area contributed by atoms with Gasteiger partial charge in [0, 0.05) is 13.1 Å². The van der Waals surface area contributed by atoms with Crippen molar-refractivity contribution in [3.8, 4) is 5.75 Å². The van der Waals surface area contributed by atoms with E-state index in [4.69, 9.17) is 9.84 Å². The van der Waals surface area contributed by atoms with Gasteiger partial charge in [0.2, 0.25) is 17.8 Å². The number of rotatable bonds is 8. The highest BCUT2D eigenvalue weighted by atomic mass is 32.1. The number of hydrogen-bond donors (Lipinski definition) is 4. The molecule has 0 bridgehead atoms. The Labute approximate surface area is 166 Å². The molecule has 2 heterocycles. The van der Waals surface area contributed by atoms with E-state index in [0.717, 1.165) is 23.1 Å². The van der Waals surface area contributed by atoms with Crippen LogP contribution in [0.15, 0.2) is 18.2 Å². The van der Waals surface area contributed by atoms with Crippen LogP contribution >= 0.6 is 11.3 Å². The molecule has 0 unspecified atom stereocenters. The molecule has 3 aromatic rings. The molecular weight excluding hydrogens is 378 g/mol. The summed E-state index contributed by atoms with van der Waals surface area (Å²) in [6, 6.07) is 6.06. The topological polar surface area (TPSA) is 117 Å². The third-order valence-corrected chi connectivity index (χ3v) is 5.42. The van der Waals surface area contributed by atoms with Crippen molar-refractivity contribution in [2.75, 3.05) is 36.2 Å². The van der Waals surface area contributed by atoms with Crippen LogP contribution in [0.5, 0.6) is 5.75 Å². The van der Waals surface area contributed by atoms with Gasteiger partial charge in [-0.05, 0) is 31.0 Å². The fraction of sp³-hybridized carbons (Fsp3) is 0.444. The van der Waals surface area contributed by atoms with Crippen LogP contribution in [0.1, 0.15) is 25.7 Å². The van der Waals surface area contributed by atoms with Crippen molar-refractivity contribution in [1.82, 2.24) is 19.9 Å². The molecule has 0 aliphatic heterocycles. The fourth-order valence-electron chi connectivity index (χ4n) is 3.17. The van der Waals surface area contributed by atoms with E-state index in [9.17, 15) is 0 Å². The van der Waals surface area contributed by atoms with E-state index in [2.05, 4.69) is 35.9 Å². The first-order valence-electron chi connectivity index (χ1n) is 9.35. The molecule has 1 fully saturated rings. The second kappa shape index (κ2) is 8.53. The lowest BCUT2D eigenvalue weighted by Gasteiger charge is -2.13. The molecule has 10 heteroatoms. The van der Waals surface area contributed by atoms with Crippen molar-refractivity contribution >= 4 is 44.5 Å². The van der Waals surface area contributed by atoms with Crippen LogP contribution in [0.25, 0.3) is 10.2 Å². The highest BCUT2D eigenvalue weighted by Gasteiger charge is 2.17. The van der Waals surface area contributed by atoms with Gasteiger partial charge in [0.1, 0.15) is 12.4 Å². The smallest absolute Gasteiger partial charge is 0.235 e. The molecule has 28 heavy (non-hydrogen) atoms. The number of nitrogens with zero attached hydrogens (tertiary/aromatic N) is 4. The molecule has 1 aliphatic rings. The highest BCUT2D eigenvalue weighted by molar-refractivity contribution is 7.22. The average Bonchev–Trinajstić information content (AvgIpc) is 3.34. The fourth-order valence-corrected chi connectivity index (χ4v) is 4.06. The molecule has 4 N–H and O–H groups in total. The third kappa shape index (κ3) is 4.39. The van der Waals surface area contributed by atoms with Crippen molar-refractivity contribution in [3.05, 3.63) is 18.2 Å². The van der Waals surface area contributed by atoms with E-state index in [0.29, 0.717) is 34.8 Å². The van der Waals surface area contributed by atoms with Gasteiger partial charge in [-0.3, -0.25) is 5.32 Å². The number of thiazole rings is 1. The van der Waals surface area contributed by atoms with E-state index in [1.165, 1.54) is 24.2 Å². The minimum absolute atomic E-state index is 0.0159. The zero-order valence-corrected chi connectivity index (χ0v) is 16.4. The first kappa shape index (κ1) is 18.6. The third-order valence-electron chi connectivity index (χ3n) is 4.49. The summed E-state index contributed by atoms with van der Waals surface area (Å²) in [6.07, 6.45) is 4.76. The van der Waals surface area contributed by atoms with Gasteiger partial charge < -0.3 is 20.5 Å². The van der Waals surface area contributed by atoms with Crippen LogP contribution in [0.4, 0.5) is 23.0 Å². The zero-order valence-electron chi connectivity index (χ0n) is 15.6. The van der Waals surface area contributed by atoms with Crippen LogP contribution in [-0.2, 0) is 0 Å². The number of nitrogens with one attached hydrogen (secondary N) is 3. The second-order valence-electron chi connectivity index (χ2n) is 6.53. The maximum absolute atomic E-state index is 8.89. The molecule has 2 aromatic heterocycles. The number of hydrogen-bond acceptors (Lipinski definition) is 10. The van der Waals surface area contributed by atoms with E-state index in [1.54, 1.807) is 7.05 Å². The summed E-state index contributed by atoms with van der Waals surface area (Å²) < 4.78 is 6.44. The van der Waals surface area contributed by atoms with Crippen LogP contribution in [0.2, 0.25) is 0 Å². The van der Waals surface area contributed by atoms with Gasteiger partial charge in [-0.2, -0.15) is 15.0 Å². The standard InChI is InChI=1S/C18H23N7O2S/c1-19-15-22-16(20-11-4-2-3-5-11)24-17(23-15)25-18-21-13-7-6-12(27-9-8-26)10-14(13)28-18/h6-7,10-11,26H,2-5,8-9H2,1H3,(H3,19,20,21,22,23,24,25). The van der Waals surface area contributed by atoms with Crippen LogP contribution in [-0.4, -0.2) is 51.3 Å². The average molecular weight is 401 g/mol. The zero-order chi connectivity index (χ0) is 19.3. The quantitative estimate of drug-likeness (QED) is 0.452. The molecule has 1 aromatic carbocycles. The van der Waals surface area contributed by atoms with Gasteiger partial charge in [0.25, 0.3) is 0 Å². The predicted molar refractivity (Wildman–Crippen MR) is 111 cm³/mol. The number of anilines is 4. The Morgan fingerprint density at radius 2 is 1.89 bits per heavy atom. The summed E-state index contributed by atoms with van der Waals surface area (Å²) in [6.45, 7) is 0.252. The van der Waals surface area contributed by atoms with E-state index in [1.807, 2.05) is 18.2 Å². The first-order chi connectivity index (χ1) is 13.7. The maximum atomic E-state index is 8.89. The lowest BCUT2D eigenvalue weighted by atomic mass is 10.3. The van der Waals surface area contributed by atoms with Crippen molar-refractivity contribution in [3.63, 3.8) is 0 Å². The monoisotopic (exact) mass is 401 g/mol. The second-order valence-corrected chi connectivity index (χ2v) is 7.56. The minimum atomic E-state index is -0.0159. The molecule has 1 aliphatic carbocycles. The van der Waals surface area contributed by atoms with Crippen molar-refractivity contribution < 1.29 is 9.84 Å². The Kier molecular flexibility index (Phi) is 5.68.